The number of benzene rings is 1. The number of ether oxygens (including phenoxy) is 1. The van der Waals surface area contributed by atoms with Crippen LogP contribution in [0.3, 0.4) is 0 Å². The van der Waals surface area contributed by atoms with Gasteiger partial charge in [-0.3, -0.25) is 0 Å². The van der Waals surface area contributed by atoms with Gasteiger partial charge in [-0.2, -0.15) is 4.31 Å². The molecule has 8 nitrogen and oxygen atoms in total. The molecule has 29 heavy (non-hydrogen) atoms. The maximum Gasteiger partial charge on any atom is 0.243 e. The van der Waals surface area contributed by atoms with Crippen LogP contribution >= 0.6 is 0 Å². The largest absolute Gasteiger partial charge is 0.497 e. The lowest BCUT2D eigenvalue weighted by Crippen LogP contribution is -2.28. The zero-order valence-corrected chi connectivity index (χ0v) is 16.7. The van der Waals surface area contributed by atoms with Crippen LogP contribution in [-0.2, 0) is 10.0 Å². The summed E-state index contributed by atoms with van der Waals surface area (Å²) < 4.78 is 32.5. The van der Waals surface area contributed by atoms with Crippen LogP contribution in [0.4, 0.5) is 11.8 Å². The van der Waals surface area contributed by atoms with Gasteiger partial charge < -0.3 is 10.1 Å². The van der Waals surface area contributed by atoms with Crippen LogP contribution in [0.1, 0.15) is 18.0 Å². The van der Waals surface area contributed by atoms with Gasteiger partial charge in [0.05, 0.1) is 17.7 Å². The normalized spacial score (nSPS) is 17.2. The van der Waals surface area contributed by atoms with Crippen molar-refractivity contribution in [1.82, 2.24) is 19.3 Å². The number of hydrogen-bond donors (Lipinski definition) is 1. The van der Waals surface area contributed by atoms with E-state index in [1.807, 2.05) is 24.3 Å². The van der Waals surface area contributed by atoms with Gasteiger partial charge in [0.25, 0.3) is 0 Å². The number of nitrogens with zero attached hydrogens (tertiary/aromatic N) is 4. The van der Waals surface area contributed by atoms with Crippen molar-refractivity contribution in [3.05, 3.63) is 66.6 Å². The second-order valence-corrected chi connectivity index (χ2v) is 8.61. The molecule has 1 aliphatic rings. The molecule has 1 saturated heterocycles. The van der Waals surface area contributed by atoms with E-state index in [1.165, 1.54) is 4.31 Å². The Labute approximate surface area is 169 Å². The summed E-state index contributed by atoms with van der Waals surface area (Å²) in [5.74, 6) is 1.73. The van der Waals surface area contributed by atoms with E-state index in [0.29, 0.717) is 37.0 Å². The number of pyridine rings is 1. The minimum absolute atomic E-state index is 0.00954. The van der Waals surface area contributed by atoms with Crippen molar-refractivity contribution in [3.8, 4) is 5.75 Å². The van der Waals surface area contributed by atoms with E-state index in [4.69, 9.17) is 4.74 Å². The molecule has 9 heteroatoms. The molecule has 4 rings (SSSR count). The standard InChI is InChI=1S/C20H21N5O3S/c1-28-16-5-7-17(8-6-16)29(26,27)25-13-10-15(14-25)18-9-12-22-20(23-18)24-19-4-2-3-11-21-19/h2-9,11-12,15H,10,13-14H2,1H3,(H,21,22,23,24)/t15-/m0/s1. The van der Waals surface area contributed by atoms with Crippen molar-refractivity contribution in [2.24, 2.45) is 0 Å². The third-order valence-electron chi connectivity index (χ3n) is 4.85. The van der Waals surface area contributed by atoms with Crippen molar-refractivity contribution in [1.29, 1.82) is 0 Å². The molecule has 0 saturated carbocycles. The zero-order chi connectivity index (χ0) is 20.3. The van der Waals surface area contributed by atoms with Crippen LogP contribution < -0.4 is 10.1 Å². The summed E-state index contributed by atoms with van der Waals surface area (Å²) in [5.41, 5.74) is 0.811. The van der Waals surface area contributed by atoms with E-state index in [0.717, 1.165) is 5.69 Å². The van der Waals surface area contributed by atoms with E-state index in [-0.39, 0.29) is 10.8 Å². The van der Waals surface area contributed by atoms with E-state index in [2.05, 4.69) is 20.3 Å². The summed E-state index contributed by atoms with van der Waals surface area (Å²) in [4.78, 5) is 13.3. The van der Waals surface area contributed by atoms with Gasteiger partial charge in [0.1, 0.15) is 11.6 Å². The lowest BCUT2D eigenvalue weighted by Gasteiger charge is -2.17. The van der Waals surface area contributed by atoms with E-state index < -0.39 is 10.0 Å². The number of rotatable bonds is 6. The first-order valence-electron chi connectivity index (χ1n) is 9.21. The highest BCUT2D eigenvalue weighted by atomic mass is 32.2. The van der Waals surface area contributed by atoms with Gasteiger partial charge >= 0.3 is 0 Å². The molecule has 0 bridgehead atoms. The average Bonchev–Trinajstić information content (AvgIpc) is 3.26. The number of nitrogens with one attached hydrogen (secondary N) is 1. The molecule has 0 aliphatic carbocycles. The highest BCUT2D eigenvalue weighted by molar-refractivity contribution is 7.89. The molecule has 1 atom stereocenters. The monoisotopic (exact) mass is 411 g/mol. The molecule has 1 N–H and O–H groups in total. The van der Waals surface area contributed by atoms with Crippen LogP contribution in [0.2, 0.25) is 0 Å². The van der Waals surface area contributed by atoms with Crippen LogP contribution in [0.25, 0.3) is 0 Å². The molecule has 150 valence electrons. The second kappa shape index (κ2) is 8.14. The summed E-state index contributed by atoms with van der Waals surface area (Å²) in [7, 11) is -2.01. The minimum Gasteiger partial charge on any atom is -0.497 e. The molecule has 0 spiro atoms. The molecule has 1 aliphatic heterocycles. The van der Waals surface area contributed by atoms with Crippen molar-refractivity contribution in [2.75, 3.05) is 25.5 Å². The third kappa shape index (κ3) is 4.20. The van der Waals surface area contributed by atoms with Gasteiger partial charge in [-0.1, -0.05) is 6.07 Å². The van der Waals surface area contributed by atoms with Crippen molar-refractivity contribution in [3.63, 3.8) is 0 Å². The number of anilines is 2. The van der Waals surface area contributed by atoms with Gasteiger partial charge in [0.2, 0.25) is 16.0 Å². The zero-order valence-electron chi connectivity index (χ0n) is 15.9. The fourth-order valence-electron chi connectivity index (χ4n) is 3.30. The highest BCUT2D eigenvalue weighted by Crippen LogP contribution is 2.31. The molecule has 3 heterocycles. The van der Waals surface area contributed by atoms with Crippen LogP contribution in [-0.4, -0.2) is 47.9 Å². The lowest BCUT2D eigenvalue weighted by atomic mass is 10.1. The van der Waals surface area contributed by atoms with Crippen LogP contribution in [0, 0.1) is 0 Å². The predicted molar refractivity (Wildman–Crippen MR) is 109 cm³/mol. The van der Waals surface area contributed by atoms with Crippen LogP contribution in [0.5, 0.6) is 5.75 Å². The quantitative estimate of drug-likeness (QED) is 0.666. The van der Waals surface area contributed by atoms with Gasteiger partial charge in [0.15, 0.2) is 0 Å². The molecular formula is C20H21N5O3S. The average molecular weight is 411 g/mol. The molecule has 1 aromatic carbocycles. The van der Waals surface area contributed by atoms with Gasteiger partial charge in [-0.05, 0) is 48.9 Å². The van der Waals surface area contributed by atoms with Crippen LogP contribution in [0.15, 0.2) is 65.8 Å². The first-order chi connectivity index (χ1) is 14.1. The third-order valence-corrected chi connectivity index (χ3v) is 6.73. The fourth-order valence-corrected chi connectivity index (χ4v) is 4.80. The van der Waals surface area contributed by atoms with Gasteiger partial charge in [-0.25, -0.2) is 23.4 Å². The molecular weight excluding hydrogens is 390 g/mol. The SMILES string of the molecule is COc1ccc(S(=O)(=O)N2CC[C@H](c3ccnc(Nc4ccccn4)n3)C2)cc1. The molecule has 0 radical (unpaired) electrons. The molecule has 1 fully saturated rings. The Morgan fingerprint density at radius 3 is 2.62 bits per heavy atom. The topological polar surface area (TPSA) is 97.3 Å². The number of aromatic nitrogens is 3. The lowest BCUT2D eigenvalue weighted by molar-refractivity contribution is 0.414. The summed E-state index contributed by atoms with van der Waals surface area (Å²) in [6.45, 7) is 0.834. The van der Waals surface area contributed by atoms with Crippen molar-refractivity contribution >= 4 is 21.8 Å². The first kappa shape index (κ1) is 19.3. The van der Waals surface area contributed by atoms with Crippen molar-refractivity contribution in [2.45, 2.75) is 17.2 Å². The Kier molecular flexibility index (Phi) is 5.41. The number of hydrogen-bond acceptors (Lipinski definition) is 7. The molecule has 3 aromatic rings. The smallest absolute Gasteiger partial charge is 0.243 e. The maximum atomic E-state index is 13.0. The Morgan fingerprint density at radius 1 is 1.07 bits per heavy atom. The molecule has 0 amide bonds. The summed E-state index contributed by atoms with van der Waals surface area (Å²) in [6.07, 6.45) is 4.06. The highest BCUT2D eigenvalue weighted by Gasteiger charge is 2.34. The number of sulfonamides is 1. The molecule has 0 unspecified atom stereocenters. The predicted octanol–water partition coefficient (Wildman–Crippen LogP) is 2.80. The van der Waals surface area contributed by atoms with E-state index in [9.17, 15) is 8.42 Å². The second-order valence-electron chi connectivity index (χ2n) is 6.67. The van der Waals surface area contributed by atoms with E-state index in [1.54, 1.807) is 43.8 Å². The Hall–Kier alpha value is -3.04. The first-order valence-corrected chi connectivity index (χ1v) is 10.7. The fraction of sp³-hybridized carbons (Fsp3) is 0.250. The Morgan fingerprint density at radius 2 is 1.90 bits per heavy atom. The summed E-state index contributed by atoms with van der Waals surface area (Å²) in [5, 5.41) is 3.07. The number of methoxy groups -OCH3 is 1. The Balaban J connectivity index is 1.48. The maximum absolute atomic E-state index is 13.0. The van der Waals surface area contributed by atoms with Gasteiger partial charge in [-0.15, -0.1) is 0 Å². The van der Waals surface area contributed by atoms with Gasteiger partial charge in [0, 0.05) is 31.4 Å². The summed E-state index contributed by atoms with van der Waals surface area (Å²) >= 11 is 0. The summed E-state index contributed by atoms with van der Waals surface area (Å²) in [6, 6.07) is 13.8. The van der Waals surface area contributed by atoms with Crippen molar-refractivity contribution < 1.29 is 13.2 Å². The minimum atomic E-state index is -3.55. The Bertz CT molecular complexity index is 1070. The van der Waals surface area contributed by atoms with E-state index >= 15 is 0 Å². The molecule has 2 aromatic heterocycles.